The van der Waals surface area contributed by atoms with E-state index in [2.05, 4.69) is 34.2 Å². The van der Waals surface area contributed by atoms with Crippen molar-refractivity contribution in [3.8, 4) is 0 Å². The second-order valence-electron chi connectivity index (χ2n) is 3.47. The minimum atomic E-state index is 0.739. The molecular formula is C12H18BrNO2. The number of halogens is 1. The number of ether oxygens (including phenoxy) is 1. The summed E-state index contributed by atoms with van der Waals surface area (Å²) >= 11 is 3.29. The minimum absolute atomic E-state index is 0.739. The van der Waals surface area contributed by atoms with Gasteiger partial charge < -0.3 is 14.5 Å². The molecule has 4 heteroatoms. The molecule has 1 aromatic rings. The summed E-state index contributed by atoms with van der Waals surface area (Å²) in [5, 5.41) is 3.32. The number of rotatable bonds is 7. The normalized spacial score (nSPS) is 12.1. The molecule has 90 valence electrons. The average molecular weight is 288 g/mol. The first-order valence-electron chi connectivity index (χ1n) is 5.40. The van der Waals surface area contributed by atoms with Crippen molar-refractivity contribution in [2.75, 3.05) is 26.8 Å². The monoisotopic (exact) mass is 287 g/mol. The van der Waals surface area contributed by atoms with Gasteiger partial charge in [-0.3, -0.25) is 0 Å². The molecule has 0 aromatic carbocycles. The summed E-state index contributed by atoms with van der Waals surface area (Å²) in [5.41, 5.74) is 1.32. The first kappa shape index (κ1) is 13.5. The predicted molar refractivity (Wildman–Crippen MR) is 69.4 cm³/mol. The van der Waals surface area contributed by atoms with Crippen molar-refractivity contribution in [1.82, 2.24) is 5.32 Å². The zero-order valence-corrected chi connectivity index (χ0v) is 11.3. The van der Waals surface area contributed by atoms with Crippen LogP contribution in [-0.2, 0) is 4.74 Å². The van der Waals surface area contributed by atoms with Gasteiger partial charge in [0.05, 0.1) is 6.61 Å². The van der Waals surface area contributed by atoms with E-state index < -0.39 is 0 Å². The summed E-state index contributed by atoms with van der Waals surface area (Å²) in [6, 6.07) is 3.85. The Bertz CT molecular complexity index is 334. The smallest absolute Gasteiger partial charge is 0.169 e. The molecule has 0 aliphatic heterocycles. The Morgan fingerprint density at radius 3 is 2.94 bits per heavy atom. The highest BCUT2D eigenvalue weighted by molar-refractivity contribution is 9.10. The van der Waals surface area contributed by atoms with Crippen molar-refractivity contribution >= 4 is 22.0 Å². The Morgan fingerprint density at radius 2 is 2.38 bits per heavy atom. The van der Waals surface area contributed by atoms with E-state index in [0.717, 1.165) is 36.5 Å². The second-order valence-corrected chi connectivity index (χ2v) is 4.25. The van der Waals surface area contributed by atoms with Gasteiger partial charge in [-0.2, -0.15) is 0 Å². The Balaban J connectivity index is 2.43. The fourth-order valence-electron chi connectivity index (χ4n) is 1.31. The summed E-state index contributed by atoms with van der Waals surface area (Å²) in [6.07, 6.45) is 3.09. The first-order valence-corrected chi connectivity index (χ1v) is 6.20. The van der Waals surface area contributed by atoms with Gasteiger partial charge in [0.1, 0.15) is 5.76 Å². The van der Waals surface area contributed by atoms with Crippen LogP contribution in [0.25, 0.3) is 6.08 Å². The molecule has 0 radical (unpaired) electrons. The fraction of sp³-hybridized carbons (Fsp3) is 0.500. The summed E-state index contributed by atoms with van der Waals surface area (Å²) in [5.74, 6) is 0.886. The third-order valence-electron chi connectivity index (χ3n) is 2.23. The van der Waals surface area contributed by atoms with E-state index in [0.29, 0.717) is 0 Å². The van der Waals surface area contributed by atoms with Gasteiger partial charge in [-0.15, -0.1) is 0 Å². The Morgan fingerprint density at radius 1 is 1.56 bits per heavy atom. The summed E-state index contributed by atoms with van der Waals surface area (Å²) < 4.78 is 11.2. The molecule has 0 atom stereocenters. The van der Waals surface area contributed by atoms with E-state index in [-0.39, 0.29) is 0 Å². The topological polar surface area (TPSA) is 34.4 Å². The van der Waals surface area contributed by atoms with Crippen LogP contribution in [0.1, 0.15) is 19.1 Å². The Hall–Kier alpha value is -0.580. The number of methoxy groups -OCH3 is 1. The highest BCUT2D eigenvalue weighted by atomic mass is 79.9. The van der Waals surface area contributed by atoms with Crippen LogP contribution in [0.3, 0.4) is 0 Å². The molecular weight excluding hydrogens is 270 g/mol. The largest absolute Gasteiger partial charge is 0.450 e. The maximum absolute atomic E-state index is 5.43. The average Bonchev–Trinajstić information content (AvgIpc) is 2.68. The number of hydrogen-bond acceptors (Lipinski definition) is 3. The van der Waals surface area contributed by atoms with Crippen LogP contribution in [0.4, 0.5) is 0 Å². The molecule has 0 unspecified atom stereocenters. The number of nitrogens with one attached hydrogen (secondary N) is 1. The molecule has 0 spiro atoms. The van der Waals surface area contributed by atoms with Crippen LogP contribution in [0.5, 0.6) is 0 Å². The van der Waals surface area contributed by atoms with E-state index in [4.69, 9.17) is 9.15 Å². The molecule has 0 amide bonds. The molecule has 1 aromatic heterocycles. The highest BCUT2D eigenvalue weighted by Gasteiger charge is 1.99. The van der Waals surface area contributed by atoms with Crippen LogP contribution in [0, 0.1) is 0 Å². The van der Waals surface area contributed by atoms with Crippen molar-refractivity contribution in [2.45, 2.75) is 13.3 Å². The Labute approximate surface area is 105 Å². The summed E-state index contributed by atoms with van der Waals surface area (Å²) in [6.45, 7) is 4.62. The predicted octanol–water partition coefficient (Wildman–Crippen LogP) is 3.07. The minimum Gasteiger partial charge on any atom is -0.450 e. The zero-order chi connectivity index (χ0) is 11.8. The van der Waals surface area contributed by atoms with Crippen molar-refractivity contribution < 1.29 is 9.15 Å². The summed E-state index contributed by atoms with van der Waals surface area (Å²) in [4.78, 5) is 0. The van der Waals surface area contributed by atoms with Crippen LogP contribution in [0.15, 0.2) is 26.8 Å². The van der Waals surface area contributed by atoms with Crippen LogP contribution < -0.4 is 5.32 Å². The van der Waals surface area contributed by atoms with E-state index in [1.807, 2.05) is 12.1 Å². The van der Waals surface area contributed by atoms with Gasteiger partial charge in [-0.25, -0.2) is 0 Å². The second kappa shape index (κ2) is 7.65. The van der Waals surface area contributed by atoms with Crippen LogP contribution in [0.2, 0.25) is 0 Å². The van der Waals surface area contributed by atoms with Gasteiger partial charge in [0.15, 0.2) is 4.67 Å². The van der Waals surface area contributed by atoms with E-state index in [1.54, 1.807) is 7.11 Å². The lowest BCUT2D eigenvalue weighted by Crippen LogP contribution is -2.21. The van der Waals surface area contributed by atoms with Crippen LogP contribution >= 0.6 is 15.9 Å². The molecule has 0 aliphatic carbocycles. The highest BCUT2D eigenvalue weighted by Crippen LogP contribution is 2.17. The van der Waals surface area contributed by atoms with Gasteiger partial charge in [0, 0.05) is 20.2 Å². The molecule has 1 N–H and O–H groups in total. The molecule has 3 nitrogen and oxygen atoms in total. The number of hydrogen-bond donors (Lipinski definition) is 1. The molecule has 1 rings (SSSR count). The third-order valence-corrected chi connectivity index (χ3v) is 2.66. The Kier molecular flexibility index (Phi) is 6.45. The molecule has 0 saturated carbocycles. The van der Waals surface area contributed by atoms with Crippen molar-refractivity contribution in [3.63, 3.8) is 0 Å². The zero-order valence-electron chi connectivity index (χ0n) is 9.75. The maximum atomic E-state index is 5.43. The lowest BCUT2D eigenvalue weighted by Gasteiger charge is -2.06. The quantitative estimate of drug-likeness (QED) is 0.783. The maximum Gasteiger partial charge on any atom is 0.169 e. The molecule has 16 heavy (non-hydrogen) atoms. The van der Waals surface area contributed by atoms with Gasteiger partial charge >= 0.3 is 0 Å². The van der Waals surface area contributed by atoms with Crippen LogP contribution in [-0.4, -0.2) is 26.8 Å². The van der Waals surface area contributed by atoms with Gasteiger partial charge in [-0.1, -0.05) is 12.5 Å². The molecule has 0 saturated heterocycles. The molecule has 0 fully saturated rings. The molecule has 0 aliphatic rings. The lowest BCUT2D eigenvalue weighted by molar-refractivity contribution is 0.200. The van der Waals surface area contributed by atoms with Crippen molar-refractivity contribution in [3.05, 3.63) is 28.1 Å². The van der Waals surface area contributed by atoms with Crippen molar-refractivity contribution in [2.24, 2.45) is 0 Å². The van der Waals surface area contributed by atoms with Crippen molar-refractivity contribution in [1.29, 1.82) is 0 Å². The standard InChI is InChI=1S/C12H18BrNO2/c1-3-10(9-14-6-7-15-2)8-11-4-5-12(13)16-11/h4-5,8,14H,3,6-7,9H2,1-2H3. The van der Waals surface area contributed by atoms with E-state index in [1.165, 1.54) is 5.57 Å². The van der Waals surface area contributed by atoms with Gasteiger partial charge in [0.2, 0.25) is 0 Å². The molecule has 1 heterocycles. The van der Waals surface area contributed by atoms with E-state index in [9.17, 15) is 0 Å². The summed E-state index contributed by atoms with van der Waals surface area (Å²) in [7, 11) is 1.71. The van der Waals surface area contributed by atoms with Gasteiger partial charge in [0.25, 0.3) is 0 Å². The first-order chi connectivity index (χ1) is 7.76. The molecule has 0 bridgehead atoms. The third kappa shape index (κ3) is 4.96. The SMILES string of the molecule is CCC(=Cc1ccc(Br)o1)CNCCOC. The number of furan rings is 1. The van der Waals surface area contributed by atoms with E-state index >= 15 is 0 Å². The van der Waals surface area contributed by atoms with Gasteiger partial charge in [-0.05, 0) is 40.6 Å². The fourth-order valence-corrected chi connectivity index (χ4v) is 1.63. The lowest BCUT2D eigenvalue weighted by atomic mass is 10.1.